The Balaban J connectivity index is 2.02. The van der Waals surface area contributed by atoms with E-state index in [1.165, 1.54) is 11.3 Å². The first-order chi connectivity index (χ1) is 10.1. The smallest absolute Gasteiger partial charge is 0.121 e. The first kappa shape index (κ1) is 14.0. The average molecular weight is 281 g/mol. The number of nitrogens with zero attached hydrogens (tertiary/aromatic N) is 1. The van der Waals surface area contributed by atoms with E-state index in [0.717, 1.165) is 24.0 Å². The number of phenolic OH excluding ortho intramolecular Hbond substituents is 1. The fraction of sp³-hybridized carbons (Fsp3) is 0.368. The van der Waals surface area contributed by atoms with Gasteiger partial charge >= 0.3 is 0 Å². The minimum atomic E-state index is 0.169. The lowest BCUT2D eigenvalue weighted by Gasteiger charge is -2.41. The molecule has 0 aliphatic carbocycles. The summed E-state index contributed by atoms with van der Waals surface area (Å²) in [5.74, 6) is 0.401. The highest BCUT2D eigenvalue weighted by molar-refractivity contribution is 5.58. The van der Waals surface area contributed by atoms with Crippen LogP contribution in [0.5, 0.6) is 5.75 Å². The van der Waals surface area contributed by atoms with Crippen molar-refractivity contribution in [3.8, 4) is 5.75 Å². The van der Waals surface area contributed by atoms with Crippen LogP contribution in [0, 0.1) is 6.92 Å². The van der Waals surface area contributed by atoms with Crippen molar-refractivity contribution < 1.29 is 5.11 Å². The predicted octanol–water partition coefficient (Wildman–Crippen LogP) is 4.60. The highest BCUT2D eigenvalue weighted by Crippen LogP contribution is 2.39. The third-order valence-corrected chi connectivity index (χ3v) is 4.63. The molecule has 110 valence electrons. The van der Waals surface area contributed by atoms with Crippen LogP contribution in [-0.2, 0) is 6.42 Å². The van der Waals surface area contributed by atoms with Crippen LogP contribution in [0.3, 0.4) is 0 Å². The number of para-hydroxylation sites is 1. The van der Waals surface area contributed by atoms with Crippen molar-refractivity contribution in [3.63, 3.8) is 0 Å². The Morgan fingerprint density at radius 1 is 1.19 bits per heavy atom. The van der Waals surface area contributed by atoms with Gasteiger partial charge in [0.1, 0.15) is 5.75 Å². The topological polar surface area (TPSA) is 23.5 Å². The second kappa shape index (κ2) is 5.44. The number of hydrogen-bond acceptors (Lipinski definition) is 2. The number of benzene rings is 2. The molecular weight excluding hydrogens is 258 g/mol. The lowest BCUT2D eigenvalue weighted by molar-refractivity contribution is 0.449. The molecule has 0 amide bonds. The third kappa shape index (κ3) is 2.51. The Labute approximate surface area is 127 Å². The van der Waals surface area contributed by atoms with Gasteiger partial charge in [-0.25, -0.2) is 0 Å². The van der Waals surface area contributed by atoms with E-state index < -0.39 is 0 Å². The van der Waals surface area contributed by atoms with E-state index in [1.807, 2.05) is 13.0 Å². The zero-order valence-corrected chi connectivity index (χ0v) is 13.0. The van der Waals surface area contributed by atoms with Gasteiger partial charge in [-0.1, -0.05) is 30.3 Å². The fourth-order valence-corrected chi connectivity index (χ4v) is 3.46. The van der Waals surface area contributed by atoms with Gasteiger partial charge in [0.05, 0.1) is 6.04 Å². The van der Waals surface area contributed by atoms with E-state index in [0.29, 0.717) is 11.8 Å². The minimum absolute atomic E-state index is 0.169. The fourth-order valence-electron chi connectivity index (χ4n) is 3.46. The molecule has 1 heterocycles. The largest absolute Gasteiger partial charge is 0.508 e. The standard InChI is InChI=1S/C19H23NO/c1-13-8-11-17(19(21)12-13)15(3)20-14(2)9-10-16-6-4-5-7-18(16)20/h4-8,11-12,14-15,21H,9-10H2,1-3H3. The van der Waals surface area contributed by atoms with Crippen molar-refractivity contribution in [2.75, 3.05) is 4.90 Å². The zero-order chi connectivity index (χ0) is 15.0. The molecule has 2 unspecified atom stereocenters. The van der Waals surface area contributed by atoms with Crippen molar-refractivity contribution in [1.82, 2.24) is 0 Å². The molecule has 2 heteroatoms. The lowest BCUT2D eigenvalue weighted by Crippen LogP contribution is -2.39. The number of fused-ring (bicyclic) bond motifs is 1. The second-order valence-electron chi connectivity index (χ2n) is 6.16. The van der Waals surface area contributed by atoms with Gasteiger partial charge in [0, 0.05) is 17.3 Å². The van der Waals surface area contributed by atoms with Gasteiger partial charge in [-0.3, -0.25) is 0 Å². The van der Waals surface area contributed by atoms with Crippen molar-refractivity contribution in [1.29, 1.82) is 0 Å². The molecule has 1 aliphatic rings. The number of hydrogen-bond donors (Lipinski definition) is 1. The molecule has 2 nitrogen and oxygen atoms in total. The second-order valence-corrected chi connectivity index (χ2v) is 6.16. The van der Waals surface area contributed by atoms with E-state index in [9.17, 15) is 5.11 Å². The molecule has 0 spiro atoms. The molecule has 0 radical (unpaired) electrons. The Morgan fingerprint density at radius 3 is 2.71 bits per heavy atom. The molecule has 2 aromatic carbocycles. The Kier molecular flexibility index (Phi) is 3.62. The maximum atomic E-state index is 10.3. The van der Waals surface area contributed by atoms with Crippen LogP contribution in [0.25, 0.3) is 0 Å². The summed E-state index contributed by atoms with van der Waals surface area (Å²) < 4.78 is 0. The van der Waals surface area contributed by atoms with Crippen LogP contribution >= 0.6 is 0 Å². The number of aryl methyl sites for hydroxylation is 2. The molecule has 1 aliphatic heterocycles. The third-order valence-electron chi connectivity index (χ3n) is 4.63. The number of aromatic hydroxyl groups is 1. The normalized spacial score (nSPS) is 19.2. The first-order valence-corrected chi connectivity index (χ1v) is 7.73. The van der Waals surface area contributed by atoms with Crippen LogP contribution in [-0.4, -0.2) is 11.1 Å². The van der Waals surface area contributed by atoms with E-state index in [2.05, 4.69) is 55.1 Å². The van der Waals surface area contributed by atoms with E-state index in [-0.39, 0.29) is 6.04 Å². The summed E-state index contributed by atoms with van der Waals surface area (Å²) in [7, 11) is 0. The minimum Gasteiger partial charge on any atom is -0.508 e. The molecule has 0 saturated carbocycles. The maximum absolute atomic E-state index is 10.3. The van der Waals surface area contributed by atoms with Gasteiger partial charge in [0.25, 0.3) is 0 Å². The first-order valence-electron chi connectivity index (χ1n) is 7.73. The van der Waals surface area contributed by atoms with E-state index in [4.69, 9.17) is 0 Å². The van der Waals surface area contributed by atoms with E-state index in [1.54, 1.807) is 0 Å². The maximum Gasteiger partial charge on any atom is 0.121 e. The summed E-state index contributed by atoms with van der Waals surface area (Å²) in [6, 6.07) is 15.3. The molecule has 0 bridgehead atoms. The molecule has 21 heavy (non-hydrogen) atoms. The van der Waals surface area contributed by atoms with Gasteiger partial charge in [0.15, 0.2) is 0 Å². The number of phenols is 1. The molecule has 2 aromatic rings. The van der Waals surface area contributed by atoms with Crippen molar-refractivity contribution in [2.24, 2.45) is 0 Å². The van der Waals surface area contributed by atoms with Crippen molar-refractivity contribution in [2.45, 2.75) is 45.7 Å². The van der Waals surface area contributed by atoms with Gasteiger partial charge in [-0.15, -0.1) is 0 Å². The zero-order valence-electron chi connectivity index (χ0n) is 13.0. The SMILES string of the molecule is Cc1ccc(C(C)N2c3ccccc3CCC2C)c(O)c1. The van der Waals surface area contributed by atoms with Gasteiger partial charge in [0.2, 0.25) is 0 Å². The highest BCUT2D eigenvalue weighted by Gasteiger charge is 2.28. The molecule has 2 atom stereocenters. The van der Waals surface area contributed by atoms with Crippen molar-refractivity contribution in [3.05, 3.63) is 59.2 Å². The highest BCUT2D eigenvalue weighted by atomic mass is 16.3. The quantitative estimate of drug-likeness (QED) is 0.869. The Bertz CT molecular complexity index is 650. The lowest BCUT2D eigenvalue weighted by atomic mass is 9.93. The number of anilines is 1. The van der Waals surface area contributed by atoms with Crippen LogP contribution in [0.2, 0.25) is 0 Å². The number of rotatable bonds is 2. The van der Waals surface area contributed by atoms with Crippen LogP contribution in [0.15, 0.2) is 42.5 Å². The van der Waals surface area contributed by atoms with E-state index >= 15 is 0 Å². The van der Waals surface area contributed by atoms with Crippen LogP contribution < -0.4 is 4.90 Å². The Hall–Kier alpha value is -1.96. The molecule has 0 saturated heterocycles. The molecule has 3 rings (SSSR count). The predicted molar refractivity (Wildman–Crippen MR) is 88.0 cm³/mol. The van der Waals surface area contributed by atoms with Gasteiger partial charge in [-0.2, -0.15) is 0 Å². The molecule has 1 N–H and O–H groups in total. The summed E-state index contributed by atoms with van der Waals surface area (Å²) in [6.45, 7) is 6.47. The van der Waals surface area contributed by atoms with Crippen molar-refractivity contribution >= 4 is 5.69 Å². The van der Waals surface area contributed by atoms with Gasteiger partial charge < -0.3 is 10.0 Å². The summed E-state index contributed by atoms with van der Waals surface area (Å²) in [6.07, 6.45) is 2.30. The summed E-state index contributed by atoms with van der Waals surface area (Å²) in [5, 5.41) is 10.3. The monoisotopic (exact) mass is 281 g/mol. The Morgan fingerprint density at radius 2 is 1.95 bits per heavy atom. The summed E-state index contributed by atoms with van der Waals surface area (Å²) in [5.41, 5.74) is 4.82. The van der Waals surface area contributed by atoms with Crippen LogP contribution in [0.4, 0.5) is 5.69 Å². The van der Waals surface area contributed by atoms with Gasteiger partial charge in [-0.05, 0) is 56.9 Å². The molecular formula is C19H23NO. The summed E-state index contributed by atoms with van der Waals surface area (Å²) in [4.78, 5) is 2.45. The summed E-state index contributed by atoms with van der Waals surface area (Å²) >= 11 is 0. The molecule has 0 aromatic heterocycles. The molecule has 0 fully saturated rings. The average Bonchev–Trinajstić information content (AvgIpc) is 2.46. The van der Waals surface area contributed by atoms with Crippen LogP contribution in [0.1, 0.15) is 43.0 Å².